The summed E-state index contributed by atoms with van der Waals surface area (Å²) in [5, 5.41) is 14.3. The number of carbonyl (C=O) groups excluding carboxylic acids is 2. The molecule has 1 aliphatic heterocycles. The maximum Gasteiger partial charge on any atom is 0.326 e. The van der Waals surface area contributed by atoms with Gasteiger partial charge in [-0.3, -0.25) is 9.59 Å². The van der Waals surface area contributed by atoms with Crippen molar-refractivity contribution in [3.8, 4) is 0 Å². The lowest BCUT2D eigenvalue weighted by Gasteiger charge is -2.25. The fourth-order valence-corrected chi connectivity index (χ4v) is 5.92. The van der Waals surface area contributed by atoms with Gasteiger partial charge in [0.25, 0.3) is 11.8 Å². The zero-order valence-electron chi connectivity index (χ0n) is 23.2. The van der Waals surface area contributed by atoms with Gasteiger partial charge in [-0.25, -0.2) is 4.79 Å². The number of ether oxygens (including phenoxy) is 1. The monoisotopic (exact) mass is 627 g/mol. The molecule has 4 aromatic carbocycles. The molecule has 3 atom stereocenters. The van der Waals surface area contributed by atoms with Gasteiger partial charge in [0.2, 0.25) is 6.10 Å². The Hall–Kier alpha value is -4.63. The van der Waals surface area contributed by atoms with E-state index in [0.29, 0.717) is 32.4 Å². The summed E-state index contributed by atoms with van der Waals surface area (Å²) in [5.74, 6) is -2.78. The molecule has 3 N–H and O–H groups in total. The van der Waals surface area contributed by atoms with Crippen LogP contribution in [0.4, 0.5) is 5.69 Å². The zero-order valence-corrected chi connectivity index (χ0v) is 24.8. The van der Waals surface area contributed by atoms with E-state index in [-0.39, 0.29) is 13.0 Å². The van der Waals surface area contributed by atoms with Crippen LogP contribution in [0.2, 0.25) is 10.0 Å². The van der Waals surface area contributed by atoms with Crippen LogP contribution in [0, 0.1) is 0 Å². The molecule has 1 aromatic heterocycles. The summed E-state index contributed by atoms with van der Waals surface area (Å²) in [6.07, 6.45) is -0.954. The normalized spacial score (nSPS) is 17.1. The van der Waals surface area contributed by atoms with Crippen molar-refractivity contribution in [3.05, 3.63) is 136 Å². The number of benzene rings is 4. The second-order valence-electron chi connectivity index (χ2n) is 10.5. The third kappa shape index (κ3) is 5.92. The van der Waals surface area contributed by atoms with Crippen LogP contribution in [-0.4, -0.2) is 40.0 Å². The minimum Gasteiger partial charge on any atom is -0.480 e. The van der Waals surface area contributed by atoms with Gasteiger partial charge >= 0.3 is 5.97 Å². The van der Waals surface area contributed by atoms with Crippen LogP contribution in [-0.2, 0) is 32.1 Å². The molecule has 1 aliphatic rings. The van der Waals surface area contributed by atoms with Crippen LogP contribution < -0.4 is 10.2 Å². The van der Waals surface area contributed by atoms with E-state index in [4.69, 9.17) is 27.9 Å². The number of carboxylic acid groups (broad SMARTS) is 1. The van der Waals surface area contributed by atoms with Gasteiger partial charge < -0.3 is 25.0 Å². The molecule has 0 radical (unpaired) electrons. The zero-order chi connectivity index (χ0) is 30.8. The van der Waals surface area contributed by atoms with Crippen LogP contribution in [0.15, 0.2) is 103 Å². The number of aliphatic carboxylic acids is 1. The second-order valence-corrected chi connectivity index (χ2v) is 11.3. The maximum atomic E-state index is 14.3. The van der Waals surface area contributed by atoms with Gasteiger partial charge in [0.1, 0.15) is 12.1 Å². The predicted molar refractivity (Wildman–Crippen MR) is 169 cm³/mol. The van der Waals surface area contributed by atoms with E-state index in [2.05, 4.69) is 10.3 Å². The summed E-state index contributed by atoms with van der Waals surface area (Å²) in [5.41, 5.74) is 3.94. The molecule has 0 aliphatic carbocycles. The average Bonchev–Trinajstić information content (AvgIpc) is 3.39. The minimum absolute atomic E-state index is 0.0104. The topological polar surface area (TPSA) is 112 Å². The number of aromatic nitrogens is 1. The molecule has 10 heteroatoms. The van der Waals surface area contributed by atoms with Crippen molar-refractivity contribution >= 4 is 57.6 Å². The Balaban J connectivity index is 1.39. The first-order chi connectivity index (χ1) is 21.3. The largest absolute Gasteiger partial charge is 0.480 e. The highest BCUT2D eigenvalue weighted by Gasteiger charge is 2.42. The number of aromatic amines is 1. The summed E-state index contributed by atoms with van der Waals surface area (Å²) in [4.78, 5) is 45.2. The highest BCUT2D eigenvalue weighted by atomic mass is 35.5. The molecule has 8 nitrogen and oxygen atoms in total. The first kappa shape index (κ1) is 29.4. The van der Waals surface area contributed by atoms with E-state index in [1.54, 1.807) is 48.7 Å². The number of nitrogens with zero attached hydrogens (tertiary/aromatic N) is 1. The van der Waals surface area contributed by atoms with E-state index in [9.17, 15) is 19.5 Å². The molecule has 44 heavy (non-hydrogen) atoms. The van der Waals surface area contributed by atoms with E-state index < -0.39 is 36.0 Å². The van der Waals surface area contributed by atoms with Crippen molar-refractivity contribution < 1.29 is 24.2 Å². The van der Waals surface area contributed by atoms with E-state index in [0.717, 1.165) is 16.5 Å². The maximum absolute atomic E-state index is 14.3. The van der Waals surface area contributed by atoms with Gasteiger partial charge in [0.05, 0.1) is 12.2 Å². The van der Waals surface area contributed by atoms with Crippen LogP contribution in [0.5, 0.6) is 0 Å². The van der Waals surface area contributed by atoms with Crippen LogP contribution >= 0.6 is 23.2 Å². The predicted octanol–water partition coefficient (Wildman–Crippen LogP) is 6.31. The number of amides is 2. The van der Waals surface area contributed by atoms with Gasteiger partial charge in [-0.05, 0) is 41.5 Å². The molecule has 0 unspecified atom stereocenters. The quantitative estimate of drug-likeness (QED) is 0.175. The summed E-state index contributed by atoms with van der Waals surface area (Å²) in [6.45, 7) is 0.133. The second kappa shape index (κ2) is 12.5. The third-order valence-corrected chi connectivity index (χ3v) is 8.23. The lowest BCUT2D eigenvalue weighted by molar-refractivity contribution is -0.150. The molecule has 0 saturated carbocycles. The van der Waals surface area contributed by atoms with Crippen molar-refractivity contribution in [1.82, 2.24) is 10.3 Å². The Labute approximate surface area is 263 Å². The number of anilines is 1. The number of hydrogen-bond acceptors (Lipinski definition) is 4. The lowest BCUT2D eigenvalue weighted by Crippen LogP contribution is -2.52. The highest BCUT2D eigenvalue weighted by Crippen LogP contribution is 2.42. The summed E-state index contributed by atoms with van der Waals surface area (Å²) >= 11 is 13.0. The van der Waals surface area contributed by atoms with Crippen molar-refractivity contribution in [2.24, 2.45) is 0 Å². The van der Waals surface area contributed by atoms with Crippen LogP contribution in [0.25, 0.3) is 10.9 Å². The first-order valence-corrected chi connectivity index (χ1v) is 14.7. The molecule has 0 fully saturated rings. The number of H-pyrrole nitrogens is 1. The molecule has 222 valence electrons. The Bertz CT molecular complexity index is 1860. The Kier molecular flexibility index (Phi) is 8.39. The van der Waals surface area contributed by atoms with E-state index in [1.165, 1.54) is 4.90 Å². The molecule has 0 bridgehead atoms. The Morgan fingerprint density at radius 3 is 2.43 bits per heavy atom. The number of rotatable bonds is 8. The van der Waals surface area contributed by atoms with Crippen LogP contribution in [0.1, 0.15) is 28.4 Å². The molecule has 2 heterocycles. The third-order valence-electron chi connectivity index (χ3n) is 7.65. The summed E-state index contributed by atoms with van der Waals surface area (Å²) in [6, 6.07) is 27.5. The number of fused-ring (bicyclic) bond motifs is 2. The van der Waals surface area contributed by atoms with Crippen molar-refractivity contribution in [3.63, 3.8) is 0 Å². The summed E-state index contributed by atoms with van der Waals surface area (Å²) < 4.78 is 6.34. The van der Waals surface area contributed by atoms with Crippen molar-refractivity contribution in [2.45, 2.75) is 31.2 Å². The van der Waals surface area contributed by atoms with E-state index >= 15 is 0 Å². The standard InChI is InChI=1S/C34H27Cl2N3O5/c35-22-14-15-29-25(17-22)30(24-11-4-6-12-26(24)36)44-31(33(41)39(29)19-20-8-2-1-3-9-20)32(40)38-28(34(42)43)16-21-18-37-27-13-7-5-10-23(21)27/h1-15,17-18,28,30-31,37H,16,19H2,(H,38,40)(H,42,43)/t28-,30-,31-/m0/s1. The smallest absolute Gasteiger partial charge is 0.326 e. The lowest BCUT2D eigenvalue weighted by atomic mass is 9.99. The molecule has 0 spiro atoms. The van der Waals surface area contributed by atoms with Gasteiger partial charge in [0, 0.05) is 44.7 Å². The summed E-state index contributed by atoms with van der Waals surface area (Å²) in [7, 11) is 0. The number of halogens is 2. The van der Waals surface area contributed by atoms with Crippen molar-refractivity contribution in [2.75, 3.05) is 4.90 Å². The number of carbonyl (C=O) groups is 3. The molecule has 6 rings (SSSR count). The molecule has 0 saturated heterocycles. The fraction of sp³-hybridized carbons (Fsp3) is 0.147. The molecular weight excluding hydrogens is 601 g/mol. The molecular formula is C34H27Cl2N3O5. The molecule has 2 amide bonds. The van der Waals surface area contributed by atoms with Crippen LogP contribution in [0.3, 0.4) is 0 Å². The highest BCUT2D eigenvalue weighted by molar-refractivity contribution is 6.31. The van der Waals surface area contributed by atoms with E-state index in [1.807, 2.05) is 54.6 Å². The number of para-hydroxylation sites is 1. The van der Waals surface area contributed by atoms with Gasteiger partial charge in [0.15, 0.2) is 0 Å². The average molecular weight is 629 g/mol. The number of hydrogen-bond donors (Lipinski definition) is 3. The fourth-order valence-electron chi connectivity index (χ4n) is 5.51. The Morgan fingerprint density at radius 1 is 0.932 bits per heavy atom. The Morgan fingerprint density at radius 2 is 1.66 bits per heavy atom. The van der Waals surface area contributed by atoms with Crippen molar-refractivity contribution in [1.29, 1.82) is 0 Å². The minimum atomic E-state index is -1.70. The van der Waals surface area contributed by atoms with Gasteiger partial charge in [-0.2, -0.15) is 0 Å². The van der Waals surface area contributed by atoms with Gasteiger partial charge in [-0.15, -0.1) is 0 Å². The molecule has 5 aromatic rings. The number of carboxylic acids is 1. The number of nitrogens with one attached hydrogen (secondary N) is 2. The first-order valence-electron chi connectivity index (χ1n) is 13.9. The SMILES string of the molecule is O=C(N[C@@H](Cc1c[nH]c2ccccc12)C(=O)O)[C@@H]1O[C@@H](c2ccccc2Cl)c2cc(Cl)ccc2N(Cc2ccccc2)C1=O. The van der Waals surface area contributed by atoms with Gasteiger partial charge in [-0.1, -0.05) is 89.9 Å².